The largest absolute Gasteiger partial charge is 0.256 e. The minimum atomic E-state index is 1.04. The Bertz CT molecular complexity index is 610. The molecule has 0 saturated heterocycles. The van der Waals surface area contributed by atoms with Gasteiger partial charge in [0.15, 0.2) is 0 Å². The summed E-state index contributed by atoms with van der Waals surface area (Å²) >= 11 is 0. The molecule has 3 aromatic rings. The zero-order valence-corrected chi connectivity index (χ0v) is 7.83. The van der Waals surface area contributed by atoms with Crippen molar-refractivity contribution in [2.75, 3.05) is 0 Å². The molecule has 1 aromatic carbocycles. The molecule has 3 nitrogen and oxygen atoms in total. The first-order chi connectivity index (χ1) is 6.84. The number of hydrogen-bond acceptors (Lipinski definition) is 1. The Balaban J connectivity index is 2.57. The Morgan fingerprint density at radius 1 is 1.36 bits per heavy atom. The Hall–Kier alpha value is -1.90. The van der Waals surface area contributed by atoms with Gasteiger partial charge in [0.2, 0.25) is 6.33 Å². The van der Waals surface area contributed by atoms with Crippen molar-refractivity contribution in [1.82, 2.24) is 9.97 Å². The molecular weight excluding hydrogens is 174 g/mol. The quantitative estimate of drug-likeness (QED) is 0.569. The van der Waals surface area contributed by atoms with Crippen LogP contribution in [0.2, 0.25) is 0 Å². The molecule has 0 atom stereocenters. The van der Waals surface area contributed by atoms with Gasteiger partial charge in [-0.05, 0) is 19.1 Å². The monoisotopic (exact) mass is 184 g/mol. The molecule has 0 aliphatic carbocycles. The highest BCUT2D eigenvalue weighted by Crippen LogP contribution is 2.19. The molecule has 2 heterocycles. The minimum absolute atomic E-state index is 1.04. The van der Waals surface area contributed by atoms with Gasteiger partial charge in [-0.15, -0.1) is 0 Å². The van der Waals surface area contributed by atoms with Crippen molar-refractivity contribution in [3.63, 3.8) is 0 Å². The van der Waals surface area contributed by atoms with E-state index in [0.29, 0.717) is 0 Å². The topological polar surface area (TPSA) is 42.8 Å². The van der Waals surface area contributed by atoms with Gasteiger partial charge in [-0.25, -0.2) is 4.98 Å². The number of benzene rings is 1. The van der Waals surface area contributed by atoms with E-state index in [4.69, 9.17) is 0 Å². The summed E-state index contributed by atoms with van der Waals surface area (Å²) in [5, 5.41) is 2.40. The van der Waals surface area contributed by atoms with Gasteiger partial charge in [-0.1, -0.05) is 0 Å². The molecule has 0 radical (unpaired) electrons. The van der Waals surface area contributed by atoms with E-state index in [1.807, 2.05) is 18.6 Å². The van der Waals surface area contributed by atoms with Crippen LogP contribution < -0.4 is 4.98 Å². The van der Waals surface area contributed by atoms with Crippen LogP contribution in [-0.4, -0.2) is 9.97 Å². The zero-order valence-electron chi connectivity index (χ0n) is 7.83. The van der Waals surface area contributed by atoms with E-state index in [9.17, 15) is 0 Å². The van der Waals surface area contributed by atoms with Crippen LogP contribution in [0.1, 0.15) is 5.69 Å². The molecule has 0 saturated carbocycles. The van der Waals surface area contributed by atoms with Gasteiger partial charge in [0.05, 0.1) is 10.9 Å². The van der Waals surface area contributed by atoms with Gasteiger partial charge in [-0.3, -0.25) is 9.97 Å². The Morgan fingerprint density at radius 3 is 3.21 bits per heavy atom. The number of H-pyrrole nitrogens is 2. The normalized spacial score (nSPS) is 11.2. The standard InChI is InChI=1S/C11H9N3/c1-7-9-4-8-2-3-12-10(8)5-11(9)14-6-13-7/h2-6H,1H3,(H,13,14)/p+1. The van der Waals surface area contributed by atoms with Crippen molar-refractivity contribution >= 4 is 21.8 Å². The van der Waals surface area contributed by atoms with E-state index in [2.05, 4.69) is 34.0 Å². The van der Waals surface area contributed by atoms with E-state index in [1.165, 1.54) is 16.5 Å². The fourth-order valence-electron chi connectivity index (χ4n) is 1.78. The summed E-state index contributed by atoms with van der Waals surface area (Å²) in [5.41, 5.74) is 3.33. The van der Waals surface area contributed by atoms with Crippen LogP contribution >= 0.6 is 0 Å². The number of fused-ring (bicyclic) bond motifs is 2. The number of aromatic nitrogens is 3. The molecule has 2 N–H and O–H groups in total. The maximum Gasteiger partial charge on any atom is 0.239 e. The van der Waals surface area contributed by atoms with Crippen LogP contribution in [0.4, 0.5) is 0 Å². The van der Waals surface area contributed by atoms with E-state index in [-0.39, 0.29) is 0 Å². The molecule has 3 rings (SSSR count). The lowest BCUT2D eigenvalue weighted by Crippen LogP contribution is -2.05. The minimum Gasteiger partial charge on any atom is -0.256 e. The van der Waals surface area contributed by atoms with Crippen molar-refractivity contribution in [2.24, 2.45) is 0 Å². The van der Waals surface area contributed by atoms with Crippen LogP contribution in [0.5, 0.6) is 0 Å². The highest BCUT2D eigenvalue weighted by atomic mass is 14.8. The first kappa shape index (κ1) is 7.50. The van der Waals surface area contributed by atoms with Crippen molar-refractivity contribution in [3.05, 3.63) is 36.4 Å². The van der Waals surface area contributed by atoms with Gasteiger partial charge in [0.25, 0.3) is 0 Å². The smallest absolute Gasteiger partial charge is 0.239 e. The molecule has 0 fully saturated rings. The molecule has 14 heavy (non-hydrogen) atoms. The first-order valence-electron chi connectivity index (χ1n) is 4.59. The average Bonchev–Trinajstić information content (AvgIpc) is 2.62. The molecule has 0 aliphatic rings. The molecule has 0 aliphatic heterocycles. The summed E-state index contributed by atoms with van der Waals surface area (Å²) < 4.78 is 0. The maximum atomic E-state index is 4.27. The highest BCUT2D eigenvalue weighted by Gasteiger charge is 2.05. The molecule has 0 spiro atoms. The lowest BCUT2D eigenvalue weighted by atomic mass is 10.1. The van der Waals surface area contributed by atoms with E-state index in [1.54, 1.807) is 0 Å². The second-order valence-corrected chi connectivity index (χ2v) is 3.46. The Kier molecular flexibility index (Phi) is 1.36. The van der Waals surface area contributed by atoms with Crippen molar-refractivity contribution in [3.8, 4) is 0 Å². The van der Waals surface area contributed by atoms with Crippen LogP contribution in [0.15, 0.2) is 30.7 Å². The lowest BCUT2D eigenvalue weighted by Gasteiger charge is -1.96. The second kappa shape index (κ2) is 2.54. The van der Waals surface area contributed by atoms with Crippen LogP contribution in [-0.2, 0) is 0 Å². The third-order valence-electron chi connectivity index (χ3n) is 2.55. The van der Waals surface area contributed by atoms with Gasteiger partial charge >= 0.3 is 0 Å². The lowest BCUT2D eigenvalue weighted by molar-refractivity contribution is -0.349. The summed E-state index contributed by atoms with van der Waals surface area (Å²) in [6, 6.07) is 6.26. The molecule has 68 valence electrons. The first-order valence-corrected chi connectivity index (χ1v) is 4.59. The number of nitrogens with one attached hydrogen (secondary N) is 2. The number of hydrogen-bond donors (Lipinski definition) is 1. The highest BCUT2D eigenvalue weighted by molar-refractivity contribution is 5.94. The summed E-state index contributed by atoms with van der Waals surface area (Å²) in [6.45, 7) is 2.07. The number of aromatic amines is 2. The molecular formula is C11H10N3+. The predicted octanol–water partition coefficient (Wildman–Crippen LogP) is 1.84. The van der Waals surface area contributed by atoms with E-state index < -0.39 is 0 Å². The summed E-state index contributed by atoms with van der Waals surface area (Å²) in [4.78, 5) is 10.6. The summed E-state index contributed by atoms with van der Waals surface area (Å²) in [7, 11) is 0. The second-order valence-electron chi connectivity index (χ2n) is 3.46. The third kappa shape index (κ3) is 0.923. The maximum absolute atomic E-state index is 4.27. The fraction of sp³-hybridized carbons (Fsp3) is 0.0909. The Morgan fingerprint density at radius 2 is 2.29 bits per heavy atom. The number of rotatable bonds is 0. The Labute approximate surface area is 80.8 Å². The third-order valence-corrected chi connectivity index (χ3v) is 2.55. The van der Waals surface area contributed by atoms with Crippen molar-refractivity contribution < 1.29 is 4.98 Å². The molecule has 0 bridgehead atoms. The average molecular weight is 184 g/mol. The molecule has 0 unspecified atom stereocenters. The van der Waals surface area contributed by atoms with Crippen LogP contribution in [0.25, 0.3) is 21.8 Å². The predicted molar refractivity (Wildman–Crippen MR) is 54.9 cm³/mol. The molecule has 2 aromatic heterocycles. The summed E-state index contributed by atoms with van der Waals surface area (Å²) in [6.07, 6.45) is 3.68. The van der Waals surface area contributed by atoms with Crippen molar-refractivity contribution in [1.29, 1.82) is 0 Å². The van der Waals surface area contributed by atoms with Crippen LogP contribution in [0, 0.1) is 6.92 Å². The fourth-order valence-corrected chi connectivity index (χ4v) is 1.78. The van der Waals surface area contributed by atoms with Gasteiger partial charge < -0.3 is 0 Å². The van der Waals surface area contributed by atoms with Crippen LogP contribution in [0.3, 0.4) is 0 Å². The van der Waals surface area contributed by atoms with E-state index >= 15 is 0 Å². The number of nitrogens with zero attached hydrogens (tertiary/aromatic N) is 1. The van der Waals surface area contributed by atoms with E-state index in [0.717, 1.165) is 11.0 Å². The van der Waals surface area contributed by atoms with Gasteiger partial charge in [-0.2, -0.15) is 0 Å². The summed E-state index contributed by atoms with van der Waals surface area (Å²) in [5.74, 6) is 0. The number of aryl methyl sites for hydroxylation is 1. The molecule has 3 heteroatoms. The zero-order chi connectivity index (χ0) is 9.54. The molecule has 0 amide bonds. The SMILES string of the molecule is Cc1[nH]c[nH+]c2cc3nccc3cc12. The van der Waals surface area contributed by atoms with Gasteiger partial charge in [0.1, 0.15) is 11.2 Å². The van der Waals surface area contributed by atoms with Crippen molar-refractivity contribution in [2.45, 2.75) is 6.92 Å². The van der Waals surface area contributed by atoms with Gasteiger partial charge in [0, 0.05) is 17.6 Å².